The molecule has 1 aromatic heterocycles. The van der Waals surface area contributed by atoms with Crippen molar-refractivity contribution in [3.8, 4) is 0 Å². The van der Waals surface area contributed by atoms with Crippen LogP contribution in [0.4, 0.5) is 0 Å². The molecule has 1 fully saturated rings. The lowest BCUT2D eigenvalue weighted by Gasteiger charge is -2.22. The van der Waals surface area contributed by atoms with E-state index in [2.05, 4.69) is 54.3 Å². The summed E-state index contributed by atoms with van der Waals surface area (Å²) in [5, 5.41) is 1.38. The first kappa shape index (κ1) is 9.91. The highest BCUT2D eigenvalue weighted by atomic mass is 15.2. The molecule has 3 rings (SSSR count). The summed E-state index contributed by atoms with van der Waals surface area (Å²) in [5.74, 6) is 0.754. The van der Waals surface area contributed by atoms with Gasteiger partial charge >= 0.3 is 0 Å². The van der Waals surface area contributed by atoms with Crippen LogP contribution >= 0.6 is 0 Å². The monoisotopic (exact) mass is 214 g/mol. The second-order valence-corrected chi connectivity index (χ2v) is 4.98. The third-order valence-electron chi connectivity index (χ3n) is 3.89. The van der Waals surface area contributed by atoms with Gasteiger partial charge in [0.25, 0.3) is 0 Å². The molecule has 1 aromatic carbocycles. The van der Waals surface area contributed by atoms with Crippen molar-refractivity contribution in [3.05, 3.63) is 36.0 Å². The van der Waals surface area contributed by atoms with Gasteiger partial charge in [-0.25, -0.2) is 0 Å². The van der Waals surface area contributed by atoms with Crippen molar-refractivity contribution in [2.24, 2.45) is 5.92 Å². The van der Waals surface area contributed by atoms with E-state index in [0.29, 0.717) is 6.04 Å². The van der Waals surface area contributed by atoms with Crippen LogP contribution in [0.1, 0.15) is 24.9 Å². The molecule has 2 nitrogen and oxygen atoms in total. The lowest BCUT2D eigenvalue weighted by atomic mass is 9.95. The van der Waals surface area contributed by atoms with E-state index in [9.17, 15) is 0 Å². The van der Waals surface area contributed by atoms with Crippen LogP contribution in [-0.2, 0) is 0 Å². The second-order valence-electron chi connectivity index (χ2n) is 4.98. The van der Waals surface area contributed by atoms with Gasteiger partial charge in [-0.15, -0.1) is 0 Å². The predicted molar refractivity (Wildman–Crippen MR) is 67.5 cm³/mol. The summed E-state index contributed by atoms with van der Waals surface area (Å²) < 4.78 is 0. The summed E-state index contributed by atoms with van der Waals surface area (Å²) in [6.07, 6.45) is 3.49. The Bertz CT molecular complexity index is 490. The van der Waals surface area contributed by atoms with Gasteiger partial charge in [0, 0.05) is 23.1 Å². The van der Waals surface area contributed by atoms with E-state index in [4.69, 9.17) is 0 Å². The highest BCUT2D eigenvalue weighted by molar-refractivity contribution is 5.83. The van der Waals surface area contributed by atoms with Crippen LogP contribution in [0.5, 0.6) is 0 Å². The van der Waals surface area contributed by atoms with E-state index in [0.717, 1.165) is 5.92 Å². The zero-order valence-electron chi connectivity index (χ0n) is 9.90. The van der Waals surface area contributed by atoms with Crippen LogP contribution in [0.15, 0.2) is 30.5 Å². The lowest BCUT2D eigenvalue weighted by molar-refractivity contribution is 0.287. The second kappa shape index (κ2) is 3.63. The molecule has 0 bridgehead atoms. The van der Waals surface area contributed by atoms with Crippen molar-refractivity contribution in [1.29, 1.82) is 0 Å². The first-order valence-corrected chi connectivity index (χ1v) is 6.03. The Morgan fingerprint density at radius 1 is 1.31 bits per heavy atom. The molecule has 2 heterocycles. The number of para-hydroxylation sites is 1. The maximum absolute atomic E-state index is 3.38. The lowest BCUT2D eigenvalue weighted by Crippen LogP contribution is -2.19. The molecule has 1 N–H and O–H groups in total. The summed E-state index contributed by atoms with van der Waals surface area (Å²) in [4.78, 5) is 5.85. The molecule has 84 valence electrons. The Labute approximate surface area is 96.3 Å². The topological polar surface area (TPSA) is 19.0 Å². The van der Waals surface area contributed by atoms with Crippen molar-refractivity contribution in [1.82, 2.24) is 9.88 Å². The molecular formula is C14H18N2. The van der Waals surface area contributed by atoms with E-state index < -0.39 is 0 Å². The molecule has 0 radical (unpaired) electrons. The van der Waals surface area contributed by atoms with E-state index in [1.165, 1.54) is 29.4 Å². The van der Waals surface area contributed by atoms with Gasteiger partial charge in [-0.2, -0.15) is 0 Å². The minimum Gasteiger partial charge on any atom is -0.361 e. The SMILES string of the molecule is C[C@@H]1CCN(C)[C@H]1c1c[nH]c2ccccc12. The van der Waals surface area contributed by atoms with Crippen molar-refractivity contribution in [2.75, 3.05) is 13.6 Å². The van der Waals surface area contributed by atoms with Gasteiger partial charge in [0.05, 0.1) is 0 Å². The van der Waals surface area contributed by atoms with Gasteiger partial charge in [-0.3, -0.25) is 4.90 Å². The summed E-state index contributed by atoms with van der Waals surface area (Å²) in [7, 11) is 2.23. The molecule has 0 saturated carbocycles. The highest BCUT2D eigenvalue weighted by Gasteiger charge is 2.31. The van der Waals surface area contributed by atoms with Crippen LogP contribution in [0.3, 0.4) is 0 Å². The molecule has 2 atom stereocenters. The number of aromatic nitrogens is 1. The van der Waals surface area contributed by atoms with Crippen LogP contribution in [0.2, 0.25) is 0 Å². The van der Waals surface area contributed by atoms with Crippen molar-refractivity contribution < 1.29 is 0 Å². The van der Waals surface area contributed by atoms with Gasteiger partial charge in [-0.1, -0.05) is 25.1 Å². The van der Waals surface area contributed by atoms with E-state index in [1.807, 2.05) is 0 Å². The number of H-pyrrole nitrogens is 1. The predicted octanol–water partition coefficient (Wildman–Crippen LogP) is 3.18. The van der Waals surface area contributed by atoms with E-state index >= 15 is 0 Å². The molecule has 0 unspecified atom stereocenters. The number of aromatic amines is 1. The molecule has 1 saturated heterocycles. The summed E-state index contributed by atoms with van der Waals surface area (Å²) in [6.45, 7) is 3.57. The number of benzene rings is 1. The molecule has 16 heavy (non-hydrogen) atoms. The summed E-state index contributed by atoms with van der Waals surface area (Å²) in [5.41, 5.74) is 2.72. The Hall–Kier alpha value is -1.28. The van der Waals surface area contributed by atoms with Crippen LogP contribution < -0.4 is 0 Å². The maximum Gasteiger partial charge on any atom is 0.0457 e. The van der Waals surface area contributed by atoms with Crippen molar-refractivity contribution in [2.45, 2.75) is 19.4 Å². The quantitative estimate of drug-likeness (QED) is 0.772. The summed E-state index contributed by atoms with van der Waals surface area (Å²) in [6, 6.07) is 9.17. The Kier molecular flexibility index (Phi) is 2.25. The molecule has 2 aromatic rings. The average Bonchev–Trinajstić information content (AvgIpc) is 2.83. The number of rotatable bonds is 1. The van der Waals surface area contributed by atoms with Crippen LogP contribution in [0, 0.1) is 5.92 Å². The normalized spacial score (nSPS) is 26.6. The van der Waals surface area contributed by atoms with Gasteiger partial charge < -0.3 is 4.98 Å². The first-order valence-electron chi connectivity index (χ1n) is 6.03. The maximum atomic E-state index is 3.38. The summed E-state index contributed by atoms with van der Waals surface area (Å²) >= 11 is 0. The standard InChI is InChI=1S/C14H18N2/c1-10-7-8-16(2)14(10)12-9-15-13-6-4-3-5-11(12)13/h3-6,9-10,14-15H,7-8H2,1-2H3/t10-,14-/m1/s1. The number of nitrogens with one attached hydrogen (secondary N) is 1. The van der Waals surface area contributed by atoms with E-state index in [-0.39, 0.29) is 0 Å². The third kappa shape index (κ3) is 1.37. The van der Waals surface area contributed by atoms with Crippen molar-refractivity contribution in [3.63, 3.8) is 0 Å². The molecular weight excluding hydrogens is 196 g/mol. The number of hydrogen-bond donors (Lipinski definition) is 1. The van der Waals surface area contributed by atoms with Crippen LogP contribution in [0.25, 0.3) is 10.9 Å². The number of fused-ring (bicyclic) bond motifs is 1. The van der Waals surface area contributed by atoms with Gasteiger partial charge in [0.1, 0.15) is 0 Å². The molecule has 1 aliphatic heterocycles. The molecule has 0 amide bonds. The zero-order chi connectivity index (χ0) is 11.1. The fourth-order valence-electron chi connectivity index (χ4n) is 3.02. The van der Waals surface area contributed by atoms with E-state index in [1.54, 1.807) is 0 Å². The fraction of sp³-hybridized carbons (Fsp3) is 0.429. The number of nitrogens with zero attached hydrogens (tertiary/aromatic N) is 1. The van der Waals surface area contributed by atoms with Crippen molar-refractivity contribution >= 4 is 10.9 Å². The van der Waals surface area contributed by atoms with Gasteiger partial charge in [0.2, 0.25) is 0 Å². The van der Waals surface area contributed by atoms with Gasteiger partial charge in [-0.05, 0) is 37.6 Å². The largest absolute Gasteiger partial charge is 0.361 e. The Balaban J connectivity index is 2.11. The molecule has 0 aliphatic carbocycles. The molecule has 2 heteroatoms. The average molecular weight is 214 g/mol. The molecule has 1 aliphatic rings. The molecule has 0 spiro atoms. The smallest absolute Gasteiger partial charge is 0.0457 e. The Morgan fingerprint density at radius 2 is 2.12 bits per heavy atom. The van der Waals surface area contributed by atoms with Crippen LogP contribution in [-0.4, -0.2) is 23.5 Å². The Morgan fingerprint density at radius 3 is 2.88 bits per heavy atom. The number of likely N-dealkylation sites (tertiary alicyclic amines) is 1. The minimum atomic E-state index is 0.580. The minimum absolute atomic E-state index is 0.580. The van der Waals surface area contributed by atoms with Gasteiger partial charge in [0.15, 0.2) is 0 Å². The first-order chi connectivity index (χ1) is 7.77. The zero-order valence-corrected chi connectivity index (χ0v) is 9.90. The number of hydrogen-bond acceptors (Lipinski definition) is 1. The third-order valence-corrected chi connectivity index (χ3v) is 3.89. The highest BCUT2D eigenvalue weighted by Crippen LogP contribution is 2.38. The fourth-order valence-corrected chi connectivity index (χ4v) is 3.02.